The Morgan fingerprint density at radius 1 is 1.29 bits per heavy atom. The van der Waals surface area contributed by atoms with Gasteiger partial charge in [-0.15, -0.1) is 0 Å². The van der Waals surface area contributed by atoms with Gasteiger partial charge in [-0.1, -0.05) is 12.1 Å². The molecule has 0 atom stereocenters. The largest absolute Gasteiger partial charge is 0.399 e. The normalized spacial score (nSPS) is 19.8. The molecule has 1 aliphatic rings. The molecule has 1 aliphatic heterocycles. The summed E-state index contributed by atoms with van der Waals surface area (Å²) in [5, 5.41) is 0. The van der Waals surface area contributed by atoms with Crippen LogP contribution in [0.15, 0.2) is 24.3 Å². The second-order valence-electron chi connectivity index (χ2n) is 4.25. The van der Waals surface area contributed by atoms with E-state index in [1.54, 1.807) is 0 Å². The van der Waals surface area contributed by atoms with Gasteiger partial charge in [0.1, 0.15) is 0 Å². The number of hydrogen-bond donors (Lipinski definition) is 1. The number of nitrogens with zero attached hydrogens (tertiary/aromatic N) is 1. The number of benzene rings is 1. The second-order valence-corrected chi connectivity index (χ2v) is 4.25. The summed E-state index contributed by atoms with van der Waals surface area (Å²) in [5.41, 5.74) is 8.09. The highest BCUT2D eigenvalue weighted by Gasteiger charge is 2.17. The molecule has 76 valence electrons. The van der Waals surface area contributed by atoms with Crippen LogP contribution in [0.25, 0.3) is 0 Å². The predicted octanol–water partition coefficient (Wildman–Crippen LogP) is 2.08. The number of nitrogen functional groups attached to an aromatic ring is 1. The summed E-state index contributed by atoms with van der Waals surface area (Å²) < 4.78 is 0. The summed E-state index contributed by atoms with van der Waals surface area (Å²) in [6.45, 7) is 2.42. The van der Waals surface area contributed by atoms with Gasteiger partial charge in [-0.2, -0.15) is 0 Å². The fourth-order valence-electron chi connectivity index (χ4n) is 2.15. The van der Waals surface area contributed by atoms with Crippen molar-refractivity contribution in [3.8, 4) is 0 Å². The number of likely N-dealkylation sites (tertiary alicyclic amines) is 1. The first-order valence-corrected chi connectivity index (χ1v) is 5.29. The van der Waals surface area contributed by atoms with E-state index in [4.69, 9.17) is 5.73 Å². The van der Waals surface area contributed by atoms with E-state index in [1.807, 2.05) is 6.07 Å². The number of piperidine rings is 1. The van der Waals surface area contributed by atoms with Crippen LogP contribution >= 0.6 is 0 Å². The summed E-state index contributed by atoms with van der Waals surface area (Å²) in [7, 11) is 2.19. The first-order valence-electron chi connectivity index (χ1n) is 5.29. The van der Waals surface area contributed by atoms with Crippen molar-refractivity contribution in [1.82, 2.24) is 4.90 Å². The smallest absolute Gasteiger partial charge is 0.0316 e. The average Bonchev–Trinajstić information content (AvgIpc) is 2.19. The maximum atomic E-state index is 5.78. The van der Waals surface area contributed by atoms with Crippen molar-refractivity contribution in [2.45, 2.75) is 18.8 Å². The molecule has 0 radical (unpaired) electrons. The molecule has 2 nitrogen and oxygen atoms in total. The van der Waals surface area contributed by atoms with Crippen molar-refractivity contribution in [2.75, 3.05) is 25.9 Å². The van der Waals surface area contributed by atoms with Crippen LogP contribution in [0.3, 0.4) is 0 Å². The molecule has 0 amide bonds. The number of anilines is 1. The van der Waals surface area contributed by atoms with Gasteiger partial charge in [-0.3, -0.25) is 0 Å². The van der Waals surface area contributed by atoms with E-state index in [0.29, 0.717) is 0 Å². The molecule has 2 N–H and O–H groups in total. The lowest BCUT2D eigenvalue weighted by molar-refractivity contribution is 0.255. The molecule has 1 aromatic rings. The van der Waals surface area contributed by atoms with Crippen molar-refractivity contribution < 1.29 is 0 Å². The van der Waals surface area contributed by atoms with E-state index in [2.05, 4.69) is 30.1 Å². The zero-order valence-corrected chi connectivity index (χ0v) is 8.74. The Morgan fingerprint density at radius 3 is 2.64 bits per heavy atom. The first kappa shape index (κ1) is 9.53. The third-order valence-electron chi connectivity index (χ3n) is 3.10. The zero-order chi connectivity index (χ0) is 9.97. The van der Waals surface area contributed by atoms with Crippen molar-refractivity contribution in [1.29, 1.82) is 0 Å². The minimum absolute atomic E-state index is 0.717. The number of hydrogen-bond acceptors (Lipinski definition) is 2. The lowest BCUT2D eigenvalue weighted by Crippen LogP contribution is -2.29. The molecular weight excluding hydrogens is 172 g/mol. The minimum atomic E-state index is 0.717. The van der Waals surface area contributed by atoms with E-state index in [9.17, 15) is 0 Å². The van der Waals surface area contributed by atoms with Crippen molar-refractivity contribution in [3.63, 3.8) is 0 Å². The molecule has 2 heteroatoms. The Labute approximate surface area is 85.7 Å². The fraction of sp³-hybridized carbons (Fsp3) is 0.500. The lowest BCUT2D eigenvalue weighted by atomic mass is 9.89. The molecule has 0 unspecified atom stereocenters. The topological polar surface area (TPSA) is 29.3 Å². The SMILES string of the molecule is CN1CCC(c2cccc(N)c2)CC1. The van der Waals surface area contributed by atoms with Crippen LogP contribution in [-0.4, -0.2) is 25.0 Å². The highest BCUT2D eigenvalue weighted by Crippen LogP contribution is 2.28. The first-order chi connectivity index (χ1) is 6.75. The van der Waals surface area contributed by atoms with Crippen LogP contribution in [0.2, 0.25) is 0 Å². The van der Waals surface area contributed by atoms with Crippen LogP contribution in [-0.2, 0) is 0 Å². The molecule has 1 fully saturated rings. The zero-order valence-electron chi connectivity index (χ0n) is 8.74. The Hall–Kier alpha value is -1.02. The van der Waals surface area contributed by atoms with Gasteiger partial charge in [0.25, 0.3) is 0 Å². The Kier molecular flexibility index (Phi) is 2.73. The van der Waals surface area contributed by atoms with Gasteiger partial charge >= 0.3 is 0 Å². The molecule has 0 saturated carbocycles. The minimum Gasteiger partial charge on any atom is -0.399 e. The van der Waals surface area contributed by atoms with E-state index < -0.39 is 0 Å². The van der Waals surface area contributed by atoms with Crippen LogP contribution in [0.5, 0.6) is 0 Å². The second kappa shape index (κ2) is 4.01. The summed E-state index contributed by atoms with van der Waals surface area (Å²) in [6.07, 6.45) is 2.53. The molecule has 0 bridgehead atoms. The van der Waals surface area contributed by atoms with Gasteiger partial charge < -0.3 is 10.6 Å². The molecule has 1 aromatic carbocycles. The van der Waals surface area contributed by atoms with Gasteiger partial charge in [0.15, 0.2) is 0 Å². The van der Waals surface area contributed by atoms with Crippen LogP contribution in [0, 0.1) is 0 Å². The summed E-state index contributed by atoms with van der Waals surface area (Å²) >= 11 is 0. The highest BCUT2D eigenvalue weighted by atomic mass is 15.1. The van der Waals surface area contributed by atoms with Crippen LogP contribution in [0.1, 0.15) is 24.3 Å². The molecular formula is C12H18N2. The maximum Gasteiger partial charge on any atom is 0.0316 e. The lowest BCUT2D eigenvalue weighted by Gasteiger charge is -2.29. The molecule has 0 aliphatic carbocycles. The molecule has 0 aromatic heterocycles. The third kappa shape index (κ3) is 2.07. The van der Waals surface area contributed by atoms with Crippen molar-refractivity contribution >= 4 is 5.69 Å². The van der Waals surface area contributed by atoms with E-state index in [0.717, 1.165) is 11.6 Å². The standard InChI is InChI=1S/C12H18N2/c1-14-7-5-10(6-8-14)11-3-2-4-12(13)9-11/h2-4,9-10H,5-8,13H2,1H3. The van der Waals surface area contributed by atoms with E-state index in [-0.39, 0.29) is 0 Å². The summed E-state index contributed by atoms with van der Waals surface area (Å²) in [5.74, 6) is 0.717. The third-order valence-corrected chi connectivity index (χ3v) is 3.10. The van der Waals surface area contributed by atoms with Gasteiger partial charge in [0, 0.05) is 5.69 Å². The molecule has 1 saturated heterocycles. The monoisotopic (exact) mass is 190 g/mol. The number of nitrogens with two attached hydrogens (primary N) is 1. The average molecular weight is 190 g/mol. The van der Waals surface area contributed by atoms with Crippen molar-refractivity contribution in [2.24, 2.45) is 0 Å². The molecule has 1 heterocycles. The van der Waals surface area contributed by atoms with E-state index >= 15 is 0 Å². The van der Waals surface area contributed by atoms with Gasteiger partial charge in [-0.25, -0.2) is 0 Å². The molecule has 2 rings (SSSR count). The summed E-state index contributed by atoms with van der Waals surface area (Å²) in [4.78, 5) is 2.39. The molecule has 0 spiro atoms. The van der Waals surface area contributed by atoms with Crippen molar-refractivity contribution in [3.05, 3.63) is 29.8 Å². The number of rotatable bonds is 1. The quantitative estimate of drug-likeness (QED) is 0.687. The molecule has 14 heavy (non-hydrogen) atoms. The summed E-state index contributed by atoms with van der Waals surface area (Å²) in [6, 6.07) is 8.34. The van der Waals surface area contributed by atoms with E-state index in [1.165, 1.54) is 31.5 Å². The van der Waals surface area contributed by atoms with Crippen LogP contribution in [0.4, 0.5) is 5.69 Å². The predicted molar refractivity (Wildman–Crippen MR) is 60.3 cm³/mol. The highest BCUT2D eigenvalue weighted by molar-refractivity contribution is 5.41. The van der Waals surface area contributed by atoms with Gasteiger partial charge in [0.2, 0.25) is 0 Å². The fourth-order valence-corrected chi connectivity index (χ4v) is 2.15. The maximum absolute atomic E-state index is 5.78. The Bertz CT molecular complexity index is 301. The Morgan fingerprint density at radius 2 is 2.00 bits per heavy atom. The van der Waals surface area contributed by atoms with Crippen LogP contribution < -0.4 is 5.73 Å². The Balaban J connectivity index is 2.08. The van der Waals surface area contributed by atoms with Gasteiger partial charge in [-0.05, 0) is 56.6 Å². The van der Waals surface area contributed by atoms with Gasteiger partial charge in [0.05, 0.1) is 0 Å².